The van der Waals surface area contributed by atoms with Crippen LogP contribution in [0, 0.1) is 11.8 Å². The Balaban J connectivity index is 1.23. The third kappa shape index (κ3) is 4.56. The van der Waals surface area contributed by atoms with Crippen molar-refractivity contribution < 1.29 is 9.53 Å². The van der Waals surface area contributed by atoms with Crippen molar-refractivity contribution in [3.8, 4) is 0 Å². The van der Waals surface area contributed by atoms with Gasteiger partial charge in [-0.1, -0.05) is 30.3 Å². The van der Waals surface area contributed by atoms with Gasteiger partial charge in [0.25, 0.3) is 10.9 Å². The van der Waals surface area contributed by atoms with Gasteiger partial charge in [0.1, 0.15) is 11.4 Å². The first kappa shape index (κ1) is 20.6. The molecule has 7 heteroatoms. The van der Waals surface area contributed by atoms with E-state index < -0.39 is 10.9 Å². The normalized spacial score (nSPS) is 22.1. The van der Waals surface area contributed by atoms with Gasteiger partial charge < -0.3 is 20.3 Å². The Labute approximate surface area is 176 Å². The Kier molecular flexibility index (Phi) is 6.47. The predicted octanol–water partition coefficient (Wildman–Crippen LogP) is 1.65. The lowest BCUT2D eigenvalue weighted by molar-refractivity contribution is -0.126. The van der Waals surface area contributed by atoms with Gasteiger partial charge in [0.2, 0.25) is 5.91 Å². The van der Waals surface area contributed by atoms with Crippen molar-refractivity contribution in [2.45, 2.75) is 32.2 Å². The van der Waals surface area contributed by atoms with E-state index in [0.717, 1.165) is 31.2 Å². The van der Waals surface area contributed by atoms with Crippen LogP contribution in [0.5, 0.6) is 0 Å². The molecular weight excluding hydrogens is 382 g/mol. The summed E-state index contributed by atoms with van der Waals surface area (Å²) in [6.45, 7) is 3.67. The van der Waals surface area contributed by atoms with Gasteiger partial charge in [-0.2, -0.15) is 0 Å². The number of hydrogen-bond acceptors (Lipinski definition) is 6. The van der Waals surface area contributed by atoms with Crippen LogP contribution in [0.25, 0.3) is 0 Å². The zero-order chi connectivity index (χ0) is 20.9. The van der Waals surface area contributed by atoms with Crippen LogP contribution in [0.15, 0.2) is 39.9 Å². The Hall–Kier alpha value is -2.67. The van der Waals surface area contributed by atoms with Gasteiger partial charge in [-0.05, 0) is 37.2 Å². The Morgan fingerprint density at radius 1 is 1.00 bits per heavy atom. The number of benzene rings is 1. The molecule has 0 bridgehead atoms. The smallest absolute Gasteiger partial charge is 0.253 e. The van der Waals surface area contributed by atoms with Crippen LogP contribution in [0.3, 0.4) is 0 Å². The van der Waals surface area contributed by atoms with E-state index in [9.17, 15) is 14.4 Å². The molecule has 1 aliphatic carbocycles. The van der Waals surface area contributed by atoms with Gasteiger partial charge in [0.05, 0.1) is 13.2 Å². The number of anilines is 2. The quantitative estimate of drug-likeness (QED) is 0.674. The van der Waals surface area contributed by atoms with Crippen molar-refractivity contribution in [2.75, 3.05) is 43.1 Å². The van der Waals surface area contributed by atoms with E-state index in [2.05, 4.69) is 10.6 Å². The second-order valence-corrected chi connectivity index (χ2v) is 8.28. The molecule has 1 saturated carbocycles. The highest BCUT2D eigenvalue weighted by Crippen LogP contribution is 2.30. The highest BCUT2D eigenvalue weighted by atomic mass is 16.5. The van der Waals surface area contributed by atoms with Crippen molar-refractivity contribution in [2.24, 2.45) is 11.8 Å². The third-order valence-electron chi connectivity index (χ3n) is 6.31. The molecule has 160 valence electrons. The third-order valence-corrected chi connectivity index (χ3v) is 6.31. The van der Waals surface area contributed by atoms with Crippen LogP contribution >= 0.6 is 0 Å². The Morgan fingerprint density at radius 2 is 1.70 bits per heavy atom. The SMILES string of the molecule is O=C(NCc1ccccc1)C1CCC(CNc2c(N3CCOCC3)c(=O)c2=O)CC1. The van der Waals surface area contributed by atoms with Crippen molar-refractivity contribution in [1.82, 2.24) is 5.32 Å². The number of morpholine rings is 1. The van der Waals surface area contributed by atoms with Gasteiger partial charge in [0.15, 0.2) is 0 Å². The first-order chi connectivity index (χ1) is 14.6. The Bertz CT molecular complexity index is 922. The van der Waals surface area contributed by atoms with E-state index in [-0.39, 0.29) is 11.8 Å². The van der Waals surface area contributed by atoms with E-state index in [1.165, 1.54) is 0 Å². The molecule has 1 saturated heterocycles. The molecule has 2 aromatic carbocycles. The van der Waals surface area contributed by atoms with Crippen LogP contribution in [0.2, 0.25) is 0 Å². The number of hydrogen-bond donors (Lipinski definition) is 2. The van der Waals surface area contributed by atoms with Crippen LogP contribution in [-0.4, -0.2) is 38.8 Å². The van der Waals surface area contributed by atoms with Crippen LogP contribution in [-0.2, 0) is 16.1 Å². The highest BCUT2D eigenvalue weighted by molar-refractivity contribution is 5.78. The summed E-state index contributed by atoms with van der Waals surface area (Å²) in [4.78, 5) is 38.5. The number of nitrogens with zero attached hydrogens (tertiary/aromatic N) is 1. The topological polar surface area (TPSA) is 87.7 Å². The average Bonchev–Trinajstić information content (AvgIpc) is 2.81. The summed E-state index contributed by atoms with van der Waals surface area (Å²) in [5, 5.41) is 6.28. The van der Waals surface area contributed by atoms with Gasteiger partial charge in [-0.3, -0.25) is 14.4 Å². The second kappa shape index (κ2) is 9.43. The van der Waals surface area contributed by atoms with Gasteiger partial charge >= 0.3 is 0 Å². The molecule has 0 spiro atoms. The van der Waals surface area contributed by atoms with Crippen LogP contribution < -0.4 is 26.4 Å². The van der Waals surface area contributed by atoms with E-state index in [1.807, 2.05) is 35.2 Å². The summed E-state index contributed by atoms with van der Waals surface area (Å²) in [6.07, 6.45) is 3.60. The van der Waals surface area contributed by atoms with Gasteiger partial charge in [-0.15, -0.1) is 0 Å². The van der Waals surface area contributed by atoms with E-state index in [4.69, 9.17) is 4.74 Å². The summed E-state index contributed by atoms with van der Waals surface area (Å²) in [6, 6.07) is 9.93. The lowest BCUT2D eigenvalue weighted by Crippen LogP contribution is -2.47. The summed E-state index contributed by atoms with van der Waals surface area (Å²) in [7, 11) is 0. The minimum absolute atomic E-state index is 0.0556. The van der Waals surface area contributed by atoms with Crippen molar-refractivity contribution in [3.63, 3.8) is 0 Å². The summed E-state index contributed by atoms with van der Waals surface area (Å²) in [5.74, 6) is 0.590. The maximum atomic E-state index is 12.5. The molecule has 7 nitrogen and oxygen atoms in total. The molecule has 1 aliphatic heterocycles. The van der Waals surface area contributed by atoms with Crippen molar-refractivity contribution in [1.29, 1.82) is 0 Å². The Morgan fingerprint density at radius 3 is 2.40 bits per heavy atom. The number of carbonyl (C=O) groups is 1. The molecule has 30 heavy (non-hydrogen) atoms. The molecule has 2 aliphatic rings. The van der Waals surface area contributed by atoms with E-state index >= 15 is 0 Å². The number of ether oxygens (including phenoxy) is 1. The van der Waals surface area contributed by atoms with Gasteiger partial charge in [0, 0.05) is 32.1 Å². The maximum absolute atomic E-state index is 12.5. The lowest BCUT2D eigenvalue weighted by atomic mass is 9.81. The molecule has 4 rings (SSSR count). The van der Waals surface area contributed by atoms with Crippen LogP contribution in [0.1, 0.15) is 31.2 Å². The number of amides is 1. The fourth-order valence-corrected chi connectivity index (χ4v) is 4.44. The molecule has 2 fully saturated rings. The molecule has 0 radical (unpaired) electrons. The number of rotatable bonds is 7. The summed E-state index contributed by atoms with van der Waals surface area (Å²) >= 11 is 0. The van der Waals surface area contributed by atoms with Crippen molar-refractivity contribution in [3.05, 3.63) is 56.3 Å². The maximum Gasteiger partial charge on any atom is 0.253 e. The minimum Gasteiger partial charge on any atom is -0.380 e. The van der Waals surface area contributed by atoms with E-state index in [0.29, 0.717) is 56.7 Å². The molecule has 0 atom stereocenters. The summed E-state index contributed by atoms with van der Waals surface area (Å²) < 4.78 is 5.33. The van der Waals surface area contributed by atoms with Crippen LogP contribution in [0.4, 0.5) is 11.4 Å². The minimum atomic E-state index is -0.412. The molecule has 0 unspecified atom stereocenters. The molecule has 1 amide bonds. The fourth-order valence-electron chi connectivity index (χ4n) is 4.44. The first-order valence-corrected chi connectivity index (χ1v) is 10.8. The van der Waals surface area contributed by atoms with Gasteiger partial charge in [-0.25, -0.2) is 0 Å². The molecule has 2 aromatic rings. The average molecular weight is 412 g/mol. The highest BCUT2D eigenvalue weighted by Gasteiger charge is 2.29. The molecule has 1 heterocycles. The predicted molar refractivity (Wildman–Crippen MR) is 117 cm³/mol. The largest absolute Gasteiger partial charge is 0.380 e. The zero-order valence-corrected chi connectivity index (χ0v) is 17.2. The monoisotopic (exact) mass is 411 g/mol. The number of nitrogens with one attached hydrogen (secondary N) is 2. The first-order valence-electron chi connectivity index (χ1n) is 10.8. The second-order valence-electron chi connectivity index (χ2n) is 8.28. The van der Waals surface area contributed by atoms with E-state index in [1.54, 1.807) is 0 Å². The number of carbonyl (C=O) groups excluding carboxylic acids is 1. The molecular formula is C23H29N3O4. The van der Waals surface area contributed by atoms with Crippen molar-refractivity contribution >= 4 is 17.3 Å². The molecule has 0 aromatic heterocycles. The standard InChI is InChI=1S/C23H29N3O4/c27-21-19(20(22(21)28)26-10-12-30-13-11-26)24-14-17-6-8-18(9-7-17)23(29)25-15-16-4-2-1-3-5-16/h1-5,17-18,24H,6-15H2,(H,25,29). The summed E-state index contributed by atoms with van der Waals surface area (Å²) in [5.41, 5.74) is 1.29. The lowest BCUT2D eigenvalue weighted by Gasteiger charge is -2.32. The zero-order valence-electron chi connectivity index (χ0n) is 17.2. The molecule has 2 N–H and O–H groups in total. The fraction of sp³-hybridized carbons (Fsp3) is 0.522.